The monoisotopic (exact) mass is 366 g/mol. The van der Waals surface area contributed by atoms with E-state index in [4.69, 9.17) is 23.2 Å². The predicted molar refractivity (Wildman–Crippen MR) is 92.0 cm³/mol. The van der Waals surface area contributed by atoms with Crippen molar-refractivity contribution in [3.05, 3.63) is 58.3 Å². The van der Waals surface area contributed by atoms with Crippen LogP contribution in [0.4, 0.5) is 15.8 Å². The van der Waals surface area contributed by atoms with Gasteiger partial charge in [-0.1, -0.05) is 23.2 Å². The maximum absolute atomic E-state index is 13.8. The number of nitrogens with zero attached hydrogens (tertiary/aromatic N) is 1. The molecule has 0 unspecified atom stereocenters. The van der Waals surface area contributed by atoms with Gasteiger partial charge in [0, 0.05) is 28.7 Å². The van der Waals surface area contributed by atoms with Crippen LogP contribution in [0, 0.1) is 11.7 Å². The van der Waals surface area contributed by atoms with E-state index in [2.05, 4.69) is 5.32 Å². The highest BCUT2D eigenvalue weighted by Crippen LogP contribution is 2.27. The summed E-state index contributed by atoms with van der Waals surface area (Å²) in [7, 11) is 0. The third-order valence-electron chi connectivity index (χ3n) is 3.82. The second kappa shape index (κ2) is 6.79. The fraction of sp³-hybridized carbons (Fsp3) is 0.176. The standard InChI is InChI=1S/C17H13Cl2FN2O2/c18-11-1-4-13(5-2-11)22-9-10(7-16(22)23)17(24)21-15-6-3-12(19)8-14(15)20/h1-6,8,10H,7,9H2,(H,21,24)/t10-/m1/s1. The zero-order chi connectivity index (χ0) is 17.3. The highest BCUT2D eigenvalue weighted by Gasteiger charge is 2.35. The minimum absolute atomic E-state index is 0.0433. The maximum Gasteiger partial charge on any atom is 0.229 e. The molecule has 1 atom stereocenters. The molecule has 0 spiro atoms. The molecule has 0 aliphatic carbocycles. The summed E-state index contributed by atoms with van der Waals surface area (Å²) in [6, 6.07) is 10.8. The molecule has 1 fully saturated rings. The average molecular weight is 367 g/mol. The Labute approximate surface area is 148 Å². The summed E-state index contributed by atoms with van der Waals surface area (Å²) in [5.41, 5.74) is 0.721. The molecule has 124 valence electrons. The maximum atomic E-state index is 13.8. The first kappa shape index (κ1) is 16.7. The van der Waals surface area contributed by atoms with Gasteiger partial charge in [0.15, 0.2) is 0 Å². The quantitative estimate of drug-likeness (QED) is 0.887. The number of halogens is 3. The Balaban J connectivity index is 1.70. The van der Waals surface area contributed by atoms with Gasteiger partial charge >= 0.3 is 0 Å². The van der Waals surface area contributed by atoms with Crippen LogP contribution in [0.3, 0.4) is 0 Å². The normalized spacial score (nSPS) is 17.2. The third kappa shape index (κ3) is 3.52. The molecular formula is C17H13Cl2FN2O2. The van der Waals surface area contributed by atoms with E-state index in [1.54, 1.807) is 24.3 Å². The van der Waals surface area contributed by atoms with Gasteiger partial charge in [0.25, 0.3) is 0 Å². The highest BCUT2D eigenvalue weighted by molar-refractivity contribution is 6.31. The van der Waals surface area contributed by atoms with Crippen LogP contribution in [-0.2, 0) is 9.59 Å². The Hall–Kier alpha value is -2.11. The van der Waals surface area contributed by atoms with Crippen LogP contribution in [0.5, 0.6) is 0 Å². The van der Waals surface area contributed by atoms with E-state index in [9.17, 15) is 14.0 Å². The van der Waals surface area contributed by atoms with Crippen molar-refractivity contribution < 1.29 is 14.0 Å². The number of carbonyl (C=O) groups is 2. The Morgan fingerprint density at radius 3 is 2.46 bits per heavy atom. The molecule has 3 rings (SSSR count). The number of anilines is 2. The van der Waals surface area contributed by atoms with Crippen LogP contribution in [0.25, 0.3) is 0 Å². The number of hydrogen-bond acceptors (Lipinski definition) is 2. The lowest BCUT2D eigenvalue weighted by Gasteiger charge is -2.17. The zero-order valence-electron chi connectivity index (χ0n) is 12.4. The van der Waals surface area contributed by atoms with Crippen molar-refractivity contribution in [3.63, 3.8) is 0 Å². The van der Waals surface area contributed by atoms with Gasteiger partial charge in [0.2, 0.25) is 11.8 Å². The molecule has 1 saturated heterocycles. The molecule has 2 aromatic carbocycles. The van der Waals surface area contributed by atoms with Gasteiger partial charge in [-0.25, -0.2) is 4.39 Å². The van der Waals surface area contributed by atoms with E-state index in [-0.39, 0.29) is 29.6 Å². The van der Waals surface area contributed by atoms with E-state index in [0.717, 1.165) is 6.07 Å². The lowest BCUT2D eigenvalue weighted by Crippen LogP contribution is -2.28. The summed E-state index contributed by atoms with van der Waals surface area (Å²) in [5.74, 6) is -1.73. The third-order valence-corrected chi connectivity index (χ3v) is 4.31. The minimum atomic E-state index is -0.616. The Kier molecular flexibility index (Phi) is 4.73. The predicted octanol–water partition coefficient (Wildman–Crippen LogP) is 4.12. The molecule has 7 heteroatoms. The van der Waals surface area contributed by atoms with Crippen molar-refractivity contribution in [2.24, 2.45) is 5.92 Å². The van der Waals surface area contributed by atoms with Crippen LogP contribution in [0.15, 0.2) is 42.5 Å². The minimum Gasteiger partial charge on any atom is -0.323 e. The number of carbonyl (C=O) groups excluding carboxylic acids is 2. The summed E-state index contributed by atoms with van der Waals surface area (Å²) in [6.45, 7) is 0.238. The van der Waals surface area contributed by atoms with Crippen LogP contribution in [-0.4, -0.2) is 18.4 Å². The van der Waals surface area contributed by atoms with E-state index in [1.165, 1.54) is 17.0 Å². The first-order valence-corrected chi connectivity index (χ1v) is 8.01. The molecule has 1 heterocycles. The largest absolute Gasteiger partial charge is 0.323 e. The Morgan fingerprint density at radius 1 is 1.12 bits per heavy atom. The van der Waals surface area contributed by atoms with Crippen LogP contribution < -0.4 is 10.2 Å². The molecule has 2 amide bonds. The fourth-order valence-corrected chi connectivity index (χ4v) is 2.86. The topological polar surface area (TPSA) is 49.4 Å². The van der Waals surface area contributed by atoms with Crippen molar-refractivity contribution in [3.8, 4) is 0 Å². The number of hydrogen-bond donors (Lipinski definition) is 1. The summed E-state index contributed by atoms with van der Waals surface area (Å²) in [6.07, 6.45) is 0.0731. The molecule has 0 aromatic heterocycles. The van der Waals surface area contributed by atoms with E-state index < -0.39 is 17.6 Å². The molecule has 1 N–H and O–H groups in total. The fourth-order valence-electron chi connectivity index (χ4n) is 2.58. The lowest BCUT2D eigenvalue weighted by molar-refractivity contribution is -0.122. The summed E-state index contributed by atoms with van der Waals surface area (Å²) >= 11 is 11.5. The second-order valence-electron chi connectivity index (χ2n) is 5.50. The number of benzene rings is 2. The van der Waals surface area contributed by atoms with Gasteiger partial charge in [-0.2, -0.15) is 0 Å². The van der Waals surface area contributed by atoms with Gasteiger partial charge in [0.1, 0.15) is 5.82 Å². The first-order valence-electron chi connectivity index (χ1n) is 7.26. The van der Waals surface area contributed by atoms with E-state index in [0.29, 0.717) is 10.7 Å². The highest BCUT2D eigenvalue weighted by atomic mass is 35.5. The summed E-state index contributed by atoms with van der Waals surface area (Å²) in [5, 5.41) is 3.32. The molecule has 4 nitrogen and oxygen atoms in total. The molecule has 1 aliphatic heterocycles. The van der Waals surface area contributed by atoms with Gasteiger partial charge in [-0.3, -0.25) is 9.59 Å². The van der Waals surface area contributed by atoms with Gasteiger partial charge < -0.3 is 10.2 Å². The number of nitrogens with one attached hydrogen (secondary N) is 1. The van der Waals surface area contributed by atoms with E-state index >= 15 is 0 Å². The summed E-state index contributed by atoms with van der Waals surface area (Å²) in [4.78, 5) is 26.0. The van der Waals surface area contributed by atoms with E-state index in [1.807, 2.05) is 0 Å². The van der Waals surface area contributed by atoms with Crippen molar-refractivity contribution in [2.75, 3.05) is 16.8 Å². The molecular weight excluding hydrogens is 354 g/mol. The molecule has 0 bridgehead atoms. The van der Waals surface area contributed by atoms with Crippen molar-refractivity contribution in [1.29, 1.82) is 0 Å². The molecule has 0 saturated carbocycles. The smallest absolute Gasteiger partial charge is 0.229 e. The Bertz CT molecular complexity index is 796. The molecule has 1 aliphatic rings. The zero-order valence-corrected chi connectivity index (χ0v) is 13.9. The number of amides is 2. The molecule has 2 aromatic rings. The SMILES string of the molecule is O=C(Nc1ccc(Cl)cc1F)[C@@H]1CC(=O)N(c2ccc(Cl)cc2)C1. The first-order chi connectivity index (χ1) is 11.4. The van der Waals surface area contributed by atoms with Gasteiger partial charge in [-0.15, -0.1) is 0 Å². The second-order valence-corrected chi connectivity index (χ2v) is 6.37. The van der Waals surface area contributed by atoms with Crippen molar-refractivity contribution in [1.82, 2.24) is 0 Å². The molecule has 24 heavy (non-hydrogen) atoms. The van der Waals surface area contributed by atoms with Gasteiger partial charge in [-0.05, 0) is 42.5 Å². The summed E-state index contributed by atoms with van der Waals surface area (Å²) < 4.78 is 13.8. The van der Waals surface area contributed by atoms with Crippen LogP contribution >= 0.6 is 23.2 Å². The average Bonchev–Trinajstić information content (AvgIpc) is 2.93. The van der Waals surface area contributed by atoms with Crippen molar-refractivity contribution in [2.45, 2.75) is 6.42 Å². The lowest BCUT2D eigenvalue weighted by atomic mass is 10.1. The van der Waals surface area contributed by atoms with Crippen molar-refractivity contribution >= 4 is 46.4 Å². The van der Waals surface area contributed by atoms with Crippen LogP contribution in [0.2, 0.25) is 10.0 Å². The molecule has 0 radical (unpaired) electrons. The van der Waals surface area contributed by atoms with Crippen LogP contribution in [0.1, 0.15) is 6.42 Å². The Morgan fingerprint density at radius 2 is 1.79 bits per heavy atom. The number of rotatable bonds is 3. The van der Waals surface area contributed by atoms with Gasteiger partial charge in [0.05, 0.1) is 11.6 Å².